The summed E-state index contributed by atoms with van der Waals surface area (Å²) in [4.78, 5) is 2.21. The minimum atomic E-state index is -3.50. The van der Waals surface area contributed by atoms with Gasteiger partial charge in [0, 0.05) is 26.3 Å². The molecule has 0 aliphatic carbocycles. The van der Waals surface area contributed by atoms with Gasteiger partial charge in [-0.1, -0.05) is 6.07 Å². The van der Waals surface area contributed by atoms with Crippen molar-refractivity contribution in [2.45, 2.75) is 37.1 Å². The number of rotatable bonds is 4. The van der Waals surface area contributed by atoms with E-state index in [0.717, 1.165) is 31.4 Å². The van der Waals surface area contributed by atoms with Gasteiger partial charge in [-0.15, -0.1) is 0 Å². The fourth-order valence-electron chi connectivity index (χ4n) is 2.75. The van der Waals surface area contributed by atoms with E-state index < -0.39 is 10.0 Å². The van der Waals surface area contributed by atoms with Crippen LogP contribution < -0.4 is 5.32 Å². The molecule has 0 unspecified atom stereocenters. The first kappa shape index (κ1) is 19.1. The van der Waals surface area contributed by atoms with Crippen LogP contribution in [0.5, 0.6) is 0 Å². The van der Waals surface area contributed by atoms with Gasteiger partial charge in [0.05, 0.1) is 17.5 Å². The summed E-state index contributed by atoms with van der Waals surface area (Å²) in [5.41, 5.74) is 1.58. The molecule has 134 valence electrons. The van der Waals surface area contributed by atoms with E-state index in [1.54, 1.807) is 18.2 Å². The van der Waals surface area contributed by atoms with Crippen LogP contribution >= 0.6 is 12.2 Å². The molecule has 0 bridgehead atoms. The number of anilines is 1. The van der Waals surface area contributed by atoms with Crippen molar-refractivity contribution in [3.63, 3.8) is 0 Å². The van der Waals surface area contributed by atoms with Crippen LogP contribution in [-0.2, 0) is 10.0 Å². The van der Waals surface area contributed by atoms with Gasteiger partial charge >= 0.3 is 0 Å². The van der Waals surface area contributed by atoms with Crippen LogP contribution in [0.25, 0.3) is 0 Å². The molecule has 0 radical (unpaired) electrons. The van der Waals surface area contributed by atoms with Crippen LogP contribution in [0.4, 0.5) is 5.69 Å². The van der Waals surface area contributed by atoms with Crippen LogP contribution in [-0.4, -0.2) is 61.1 Å². The summed E-state index contributed by atoms with van der Waals surface area (Å²) in [6.07, 6.45) is 3.03. The largest absolute Gasteiger partial charge is 0.394 e. The molecule has 1 fully saturated rings. The summed E-state index contributed by atoms with van der Waals surface area (Å²) in [6.45, 7) is 2.76. The maximum Gasteiger partial charge on any atom is 0.242 e. The van der Waals surface area contributed by atoms with Crippen molar-refractivity contribution < 1.29 is 13.5 Å². The Morgan fingerprint density at radius 3 is 2.75 bits per heavy atom. The van der Waals surface area contributed by atoms with Crippen LogP contribution in [0.3, 0.4) is 0 Å². The SMILES string of the molecule is Cc1ccc(S(=O)(=O)N(C)C)cc1NC(=S)N1CCCC[C@@H]1CO. The average Bonchev–Trinajstić information content (AvgIpc) is 2.56. The van der Waals surface area contributed by atoms with Gasteiger partial charge in [-0.25, -0.2) is 12.7 Å². The Bertz CT molecular complexity index is 705. The predicted molar refractivity (Wildman–Crippen MR) is 99.7 cm³/mol. The minimum absolute atomic E-state index is 0.0211. The van der Waals surface area contributed by atoms with Crippen molar-refractivity contribution in [2.75, 3.05) is 32.6 Å². The standard InChI is InChI=1S/C16H25N3O3S2/c1-12-7-8-14(24(21,22)18(2)3)10-15(12)17-16(23)19-9-5-4-6-13(19)11-20/h7-8,10,13,20H,4-6,9,11H2,1-3H3,(H,17,23)/t13-/m1/s1. The Morgan fingerprint density at radius 1 is 1.42 bits per heavy atom. The van der Waals surface area contributed by atoms with E-state index in [4.69, 9.17) is 12.2 Å². The monoisotopic (exact) mass is 371 g/mol. The second-order valence-electron chi connectivity index (χ2n) is 6.22. The molecule has 0 spiro atoms. The summed E-state index contributed by atoms with van der Waals surface area (Å²) in [6, 6.07) is 4.99. The number of aliphatic hydroxyl groups excluding tert-OH is 1. The van der Waals surface area contributed by atoms with Crippen molar-refractivity contribution >= 4 is 33.0 Å². The van der Waals surface area contributed by atoms with E-state index in [-0.39, 0.29) is 17.5 Å². The summed E-state index contributed by atoms with van der Waals surface area (Å²) >= 11 is 5.49. The Balaban J connectivity index is 2.24. The minimum Gasteiger partial charge on any atom is -0.394 e. The lowest BCUT2D eigenvalue weighted by Crippen LogP contribution is -2.47. The van der Waals surface area contributed by atoms with E-state index in [1.165, 1.54) is 18.4 Å². The Morgan fingerprint density at radius 2 is 2.12 bits per heavy atom. The molecule has 1 saturated heterocycles. The third-order valence-corrected chi connectivity index (χ3v) is 6.48. The molecule has 2 rings (SSSR count). The molecular formula is C16H25N3O3S2. The van der Waals surface area contributed by atoms with Gasteiger partial charge in [-0.2, -0.15) is 0 Å². The van der Waals surface area contributed by atoms with Crippen LogP contribution in [0.2, 0.25) is 0 Å². The number of thiocarbonyl (C=S) groups is 1. The van der Waals surface area contributed by atoms with Crippen molar-refractivity contribution in [3.8, 4) is 0 Å². The normalized spacial score (nSPS) is 18.7. The first-order valence-electron chi connectivity index (χ1n) is 7.99. The van der Waals surface area contributed by atoms with E-state index >= 15 is 0 Å². The van der Waals surface area contributed by atoms with Crippen molar-refractivity contribution in [1.29, 1.82) is 0 Å². The Kier molecular flexibility index (Phi) is 6.19. The maximum atomic E-state index is 12.3. The number of benzene rings is 1. The molecule has 1 aromatic carbocycles. The summed E-state index contributed by atoms with van der Waals surface area (Å²) in [5.74, 6) is 0. The summed E-state index contributed by atoms with van der Waals surface area (Å²) < 4.78 is 25.8. The second-order valence-corrected chi connectivity index (χ2v) is 8.76. The highest BCUT2D eigenvalue weighted by molar-refractivity contribution is 7.89. The Hall–Kier alpha value is -1.22. The van der Waals surface area contributed by atoms with Crippen LogP contribution in [0.15, 0.2) is 23.1 Å². The number of likely N-dealkylation sites (tertiary alicyclic amines) is 1. The average molecular weight is 372 g/mol. The molecule has 0 aromatic heterocycles. The zero-order valence-electron chi connectivity index (χ0n) is 14.3. The van der Waals surface area contributed by atoms with E-state index in [1.807, 2.05) is 11.8 Å². The van der Waals surface area contributed by atoms with Crippen molar-refractivity contribution in [3.05, 3.63) is 23.8 Å². The topological polar surface area (TPSA) is 72.9 Å². The summed E-state index contributed by atoms with van der Waals surface area (Å²) in [7, 11) is -0.483. The van der Waals surface area contributed by atoms with E-state index in [9.17, 15) is 13.5 Å². The molecule has 8 heteroatoms. The maximum absolute atomic E-state index is 12.3. The zero-order valence-corrected chi connectivity index (χ0v) is 16.0. The molecule has 1 heterocycles. The number of sulfonamides is 1. The van der Waals surface area contributed by atoms with E-state index in [2.05, 4.69) is 5.32 Å². The Labute approximate surface area is 149 Å². The predicted octanol–water partition coefficient (Wildman–Crippen LogP) is 1.79. The van der Waals surface area contributed by atoms with Gasteiger partial charge in [0.2, 0.25) is 10.0 Å². The first-order valence-corrected chi connectivity index (χ1v) is 9.84. The van der Waals surface area contributed by atoms with Gasteiger partial charge in [0.25, 0.3) is 0 Å². The highest BCUT2D eigenvalue weighted by Gasteiger charge is 2.24. The fraction of sp³-hybridized carbons (Fsp3) is 0.562. The lowest BCUT2D eigenvalue weighted by Gasteiger charge is -2.36. The quantitative estimate of drug-likeness (QED) is 0.786. The third kappa shape index (κ3) is 4.05. The molecule has 2 N–H and O–H groups in total. The smallest absolute Gasteiger partial charge is 0.242 e. The molecular weight excluding hydrogens is 346 g/mol. The van der Waals surface area contributed by atoms with Gasteiger partial charge < -0.3 is 15.3 Å². The third-order valence-electron chi connectivity index (χ3n) is 4.33. The van der Waals surface area contributed by atoms with E-state index in [0.29, 0.717) is 10.8 Å². The second kappa shape index (κ2) is 7.77. The first-order chi connectivity index (χ1) is 11.3. The van der Waals surface area contributed by atoms with Gasteiger partial charge in [-0.05, 0) is 56.1 Å². The lowest BCUT2D eigenvalue weighted by molar-refractivity contribution is 0.149. The molecule has 24 heavy (non-hydrogen) atoms. The summed E-state index contributed by atoms with van der Waals surface area (Å²) in [5, 5.41) is 13.2. The van der Waals surface area contributed by atoms with Crippen molar-refractivity contribution in [2.24, 2.45) is 0 Å². The molecule has 1 aliphatic heterocycles. The zero-order chi connectivity index (χ0) is 17.9. The number of nitrogens with one attached hydrogen (secondary N) is 1. The molecule has 1 aliphatic rings. The number of aliphatic hydroxyl groups is 1. The number of aryl methyl sites for hydroxylation is 1. The van der Waals surface area contributed by atoms with Gasteiger partial charge in [-0.3, -0.25) is 0 Å². The molecule has 0 amide bonds. The highest BCUT2D eigenvalue weighted by atomic mass is 32.2. The van der Waals surface area contributed by atoms with Gasteiger partial charge in [0.1, 0.15) is 0 Å². The van der Waals surface area contributed by atoms with Crippen LogP contribution in [0, 0.1) is 6.92 Å². The number of hydrogen-bond donors (Lipinski definition) is 2. The molecule has 6 nitrogen and oxygen atoms in total. The number of hydrogen-bond acceptors (Lipinski definition) is 4. The van der Waals surface area contributed by atoms with Crippen LogP contribution in [0.1, 0.15) is 24.8 Å². The molecule has 1 aromatic rings. The molecule has 1 atom stereocenters. The highest BCUT2D eigenvalue weighted by Crippen LogP contribution is 2.24. The number of nitrogens with zero attached hydrogens (tertiary/aromatic N) is 2. The number of piperidine rings is 1. The fourth-order valence-corrected chi connectivity index (χ4v) is 4.03. The van der Waals surface area contributed by atoms with Gasteiger partial charge in [0.15, 0.2) is 5.11 Å². The lowest BCUT2D eigenvalue weighted by atomic mass is 10.0. The molecule has 0 saturated carbocycles. The van der Waals surface area contributed by atoms with Crippen molar-refractivity contribution in [1.82, 2.24) is 9.21 Å².